The molecule has 0 saturated heterocycles. The molecule has 9 heteroatoms. The fourth-order valence-electron chi connectivity index (χ4n) is 2.57. The number of thiophene rings is 1. The monoisotopic (exact) mass is 400 g/mol. The molecule has 28 heavy (non-hydrogen) atoms. The average molecular weight is 400 g/mol. The molecule has 3 rings (SSSR count). The zero-order valence-electron chi connectivity index (χ0n) is 15.5. The molecule has 0 aliphatic rings. The van der Waals surface area contributed by atoms with E-state index in [1.54, 1.807) is 35.6 Å². The lowest BCUT2D eigenvalue weighted by Crippen LogP contribution is -2.34. The Morgan fingerprint density at radius 3 is 2.50 bits per heavy atom. The number of aromatic nitrogens is 2. The first-order chi connectivity index (χ1) is 13.6. The lowest BCUT2D eigenvalue weighted by Gasteiger charge is -2.14. The van der Waals surface area contributed by atoms with Gasteiger partial charge in [0.15, 0.2) is 0 Å². The average Bonchev–Trinajstić information content (AvgIpc) is 3.24. The van der Waals surface area contributed by atoms with Crippen LogP contribution in [-0.2, 0) is 6.54 Å². The third kappa shape index (κ3) is 4.49. The van der Waals surface area contributed by atoms with Gasteiger partial charge in [-0.15, -0.1) is 11.3 Å². The largest absolute Gasteiger partial charge is 0.494 e. The maximum absolute atomic E-state index is 12.2. The number of nitrogens with one attached hydrogen (secondary N) is 2. The second-order valence-corrected chi connectivity index (χ2v) is 6.62. The van der Waals surface area contributed by atoms with E-state index in [0.29, 0.717) is 17.2 Å². The first-order valence-corrected chi connectivity index (χ1v) is 9.38. The molecular formula is C19H20N4O4S. The molecule has 0 aliphatic heterocycles. The van der Waals surface area contributed by atoms with E-state index in [2.05, 4.69) is 15.7 Å². The number of amides is 2. The minimum atomic E-state index is -0.440. The lowest BCUT2D eigenvalue weighted by atomic mass is 10.2. The van der Waals surface area contributed by atoms with Gasteiger partial charge in [-0.05, 0) is 29.6 Å². The standard InChI is InChI=1S/C19H20N4O4S/c1-26-14-5-3-6-15(27-2)18(14)21-19(25)20-10-11-23-17(24)9-8-13(22-23)16-7-4-12-28-16/h3-9,12H,10-11H2,1-2H3,(H2,20,21,25). The number of urea groups is 1. The minimum Gasteiger partial charge on any atom is -0.494 e. The Hall–Kier alpha value is -3.33. The third-order valence-electron chi connectivity index (χ3n) is 3.92. The van der Waals surface area contributed by atoms with Crippen LogP contribution in [0.15, 0.2) is 52.6 Å². The highest BCUT2D eigenvalue weighted by atomic mass is 32.1. The van der Waals surface area contributed by atoms with Crippen molar-refractivity contribution in [1.82, 2.24) is 15.1 Å². The van der Waals surface area contributed by atoms with Crippen molar-refractivity contribution in [2.45, 2.75) is 6.54 Å². The Bertz CT molecular complexity index is 979. The molecule has 0 fully saturated rings. The van der Waals surface area contributed by atoms with Crippen molar-refractivity contribution >= 4 is 23.1 Å². The van der Waals surface area contributed by atoms with Crippen LogP contribution in [0.25, 0.3) is 10.6 Å². The van der Waals surface area contributed by atoms with E-state index in [1.807, 2.05) is 17.5 Å². The Kier molecular flexibility index (Phi) is 6.28. The van der Waals surface area contributed by atoms with E-state index >= 15 is 0 Å². The van der Waals surface area contributed by atoms with E-state index in [4.69, 9.17) is 9.47 Å². The van der Waals surface area contributed by atoms with Gasteiger partial charge >= 0.3 is 6.03 Å². The van der Waals surface area contributed by atoms with E-state index in [1.165, 1.54) is 25.0 Å². The number of carbonyl (C=O) groups excluding carboxylic acids is 1. The van der Waals surface area contributed by atoms with Gasteiger partial charge in [0, 0.05) is 12.6 Å². The molecule has 2 amide bonds. The Morgan fingerprint density at radius 1 is 1.11 bits per heavy atom. The zero-order chi connectivity index (χ0) is 19.9. The van der Waals surface area contributed by atoms with Crippen molar-refractivity contribution in [3.05, 3.63) is 58.2 Å². The summed E-state index contributed by atoms with van der Waals surface area (Å²) in [5.74, 6) is 0.965. The Morgan fingerprint density at radius 2 is 1.86 bits per heavy atom. The number of methoxy groups -OCH3 is 2. The first kappa shape index (κ1) is 19.4. The van der Waals surface area contributed by atoms with E-state index < -0.39 is 6.03 Å². The number of ether oxygens (including phenoxy) is 2. The molecule has 146 valence electrons. The van der Waals surface area contributed by atoms with Crippen LogP contribution in [0.2, 0.25) is 0 Å². The van der Waals surface area contributed by atoms with Gasteiger partial charge in [0.1, 0.15) is 22.9 Å². The molecule has 0 radical (unpaired) electrons. The quantitative estimate of drug-likeness (QED) is 0.636. The van der Waals surface area contributed by atoms with Crippen molar-refractivity contribution in [2.75, 3.05) is 26.1 Å². The molecule has 8 nitrogen and oxygen atoms in total. The zero-order valence-corrected chi connectivity index (χ0v) is 16.3. The summed E-state index contributed by atoms with van der Waals surface area (Å²) in [7, 11) is 3.02. The van der Waals surface area contributed by atoms with Crippen LogP contribution in [0.1, 0.15) is 0 Å². The van der Waals surface area contributed by atoms with Crippen molar-refractivity contribution in [1.29, 1.82) is 0 Å². The smallest absolute Gasteiger partial charge is 0.319 e. The lowest BCUT2D eigenvalue weighted by molar-refractivity contribution is 0.251. The molecule has 2 N–H and O–H groups in total. The Labute approximate surface area is 165 Å². The fourth-order valence-corrected chi connectivity index (χ4v) is 3.26. The molecule has 2 aromatic heterocycles. The van der Waals surface area contributed by atoms with Crippen LogP contribution >= 0.6 is 11.3 Å². The predicted octanol–water partition coefficient (Wildman–Crippen LogP) is 2.81. The summed E-state index contributed by atoms with van der Waals surface area (Å²) in [6, 6.07) is 11.8. The van der Waals surface area contributed by atoms with E-state index in [-0.39, 0.29) is 18.6 Å². The molecule has 3 aromatic rings. The van der Waals surface area contributed by atoms with Crippen LogP contribution in [0.4, 0.5) is 10.5 Å². The number of carbonyl (C=O) groups is 1. The van der Waals surface area contributed by atoms with Crippen molar-refractivity contribution in [2.24, 2.45) is 0 Å². The molecule has 0 bridgehead atoms. The van der Waals surface area contributed by atoms with Crippen molar-refractivity contribution in [3.63, 3.8) is 0 Å². The predicted molar refractivity (Wildman–Crippen MR) is 108 cm³/mol. The summed E-state index contributed by atoms with van der Waals surface area (Å²) < 4.78 is 11.8. The Balaban J connectivity index is 1.62. The topological polar surface area (TPSA) is 94.5 Å². The number of para-hydroxylation sites is 1. The van der Waals surface area contributed by atoms with Gasteiger partial charge in [-0.25, -0.2) is 9.48 Å². The number of hydrogen-bond acceptors (Lipinski definition) is 6. The van der Waals surface area contributed by atoms with Gasteiger partial charge in [-0.3, -0.25) is 4.79 Å². The van der Waals surface area contributed by atoms with Gasteiger partial charge < -0.3 is 20.1 Å². The van der Waals surface area contributed by atoms with Gasteiger partial charge in [-0.2, -0.15) is 5.10 Å². The SMILES string of the molecule is COc1cccc(OC)c1NC(=O)NCCn1nc(-c2cccs2)ccc1=O. The van der Waals surface area contributed by atoms with Crippen LogP contribution < -0.4 is 25.7 Å². The van der Waals surface area contributed by atoms with Crippen molar-refractivity contribution in [3.8, 4) is 22.1 Å². The molecule has 0 aliphatic carbocycles. The van der Waals surface area contributed by atoms with Crippen LogP contribution in [0.3, 0.4) is 0 Å². The van der Waals surface area contributed by atoms with Gasteiger partial charge in [0.05, 0.1) is 25.6 Å². The van der Waals surface area contributed by atoms with Crippen LogP contribution in [0.5, 0.6) is 11.5 Å². The molecule has 0 atom stereocenters. The van der Waals surface area contributed by atoms with Crippen molar-refractivity contribution < 1.29 is 14.3 Å². The number of hydrogen-bond donors (Lipinski definition) is 2. The highest BCUT2D eigenvalue weighted by Gasteiger charge is 2.13. The van der Waals surface area contributed by atoms with Gasteiger partial charge in [-0.1, -0.05) is 12.1 Å². The highest BCUT2D eigenvalue weighted by molar-refractivity contribution is 7.13. The highest BCUT2D eigenvalue weighted by Crippen LogP contribution is 2.33. The summed E-state index contributed by atoms with van der Waals surface area (Å²) >= 11 is 1.55. The summed E-state index contributed by atoms with van der Waals surface area (Å²) in [5, 5.41) is 11.7. The second kappa shape index (κ2) is 9.05. The minimum absolute atomic E-state index is 0.226. The first-order valence-electron chi connectivity index (χ1n) is 8.50. The fraction of sp³-hybridized carbons (Fsp3) is 0.211. The van der Waals surface area contributed by atoms with Gasteiger partial charge in [0.2, 0.25) is 0 Å². The molecule has 2 heterocycles. The number of anilines is 1. The van der Waals surface area contributed by atoms with Crippen LogP contribution in [-0.4, -0.2) is 36.6 Å². The summed E-state index contributed by atoms with van der Waals surface area (Å²) in [5.41, 5.74) is 0.923. The molecular weight excluding hydrogens is 380 g/mol. The van der Waals surface area contributed by atoms with Crippen LogP contribution in [0, 0.1) is 0 Å². The molecule has 0 saturated carbocycles. The molecule has 1 aromatic carbocycles. The number of rotatable bonds is 7. The van der Waals surface area contributed by atoms with Gasteiger partial charge in [0.25, 0.3) is 5.56 Å². The maximum Gasteiger partial charge on any atom is 0.319 e. The molecule has 0 spiro atoms. The normalized spacial score (nSPS) is 10.4. The summed E-state index contributed by atoms with van der Waals surface area (Å²) in [6.07, 6.45) is 0. The summed E-state index contributed by atoms with van der Waals surface area (Å²) in [4.78, 5) is 25.2. The summed E-state index contributed by atoms with van der Waals surface area (Å²) in [6.45, 7) is 0.471. The molecule has 0 unspecified atom stereocenters. The van der Waals surface area contributed by atoms with E-state index in [0.717, 1.165) is 10.6 Å². The third-order valence-corrected chi connectivity index (χ3v) is 4.81. The maximum atomic E-state index is 12.2. The number of benzene rings is 1. The number of nitrogens with zero attached hydrogens (tertiary/aromatic N) is 2. The van der Waals surface area contributed by atoms with E-state index in [9.17, 15) is 9.59 Å². The second-order valence-electron chi connectivity index (χ2n) is 5.68.